The highest BCUT2D eigenvalue weighted by Crippen LogP contribution is 2.31. The third kappa shape index (κ3) is 4.29. The number of aryl methyl sites for hydroxylation is 1. The second-order valence-corrected chi connectivity index (χ2v) is 8.08. The summed E-state index contributed by atoms with van der Waals surface area (Å²) in [6.07, 6.45) is 1.52. The Morgan fingerprint density at radius 2 is 1.70 bits per heavy atom. The fourth-order valence-corrected chi connectivity index (χ4v) is 4.27. The van der Waals surface area contributed by atoms with E-state index in [1.807, 2.05) is 41.3 Å². The second kappa shape index (κ2) is 8.80. The lowest BCUT2D eigenvalue weighted by Gasteiger charge is -2.32. The van der Waals surface area contributed by atoms with Crippen molar-refractivity contribution < 1.29 is 9.18 Å². The highest BCUT2D eigenvalue weighted by molar-refractivity contribution is 5.95. The Labute approximate surface area is 177 Å². The molecule has 0 unspecified atom stereocenters. The van der Waals surface area contributed by atoms with E-state index in [0.717, 1.165) is 35.1 Å². The van der Waals surface area contributed by atoms with Crippen LogP contribution in [0.15, 0.2) is 66.7 Å². The average Bonchev–Trinajstić information content (AvgIpc) is 2.79. The summed E-state index contributed by atoms with van der Waals surface area (Å²) in [6, 6.07) is 21.2. The van der Waals surface area contributed by atoms with E-state index in [2.05, 4.69) is 25.1 Å². The lowest BCUT2D eigenvalue weighted by molar-refractivity contribution is 0.0712. The van der Waals surface area contributed by atoms with E-state index in [9.17, 15) is 9.18 Å². The van der Waals surface area contributed by atoms with Crippen LogP contribution in [0, 0.1) is 12.7 Å². The molecule has 1 saturated heterocycles. The Morgan fingerprint density at radius 1 is 1.00 bits per heavy atom. The molecule has 1 heterocycles. The van der Waals surface area contributed by atoms with Crippen molar-refractivity contribution in [2.45, 2.75) is 32.2 Å². The predicted octanol–water partition coefficient (Wildman–Crippen LogP) is 5.28. The van der Waals surface area contributed by atoms with Gasteiger partial charge in [0.2, 0.25) is 0 Å². The fraction of sp³-hybridized carbons (Fsp3) is 0.269. The summed E-state index contributed by atoms with van der Waals surface area (Å²) >= 11 is 0. The molecule has 3 aromatic carbocycles. The van der Waals surface area contributed by atoms with Gasteiger partial charge >= 0.3 is 0 Å². The Kier molecular flexibility index (Phi) is 5.96. The van der Waals surface area contributed by atoms with Gasteiger partial charge in [0.05, 0.1) is 0 Å². The first kappa shape index (κ1) is 20.3. The van der Waals surface area contributed by atoms with Crippen LogP contribution in [0.5, 0.6) is 0 Å². The molecule has 0 radical (unpaired) electrons. The van der Waals surface area contributed by atoms with Gasteiger partial charge in [-0.05, 0) is 66.1 Å². The van der Waals surface area contributed by atoms with E-state index in [4.69, 9.17) is 5.73 Å². The lowest BCUT2D eigenvalue weighted by Crippen LogP contribution is -2.38. The molecule has 30 heavy (non-hydrogen) atoms. The fourth-order valence-electron chi connectivity index (χ4n) is 4.27. The Bertz CT molecular complexity index is 1050. The molecule has 0 bridgehead atoms. The molecule has 3 aromatic rings. The van der Waals surface area contributed by atoms with Crippen LogP contribution in [0.25, 0.3) is 11.1 Å². The van der Waals surface area contributed by atoms with Crippen molar-refractivity contribution in [3.63, 3.8) is 0 Å². The third-order valence-electron chi connectivity index (χ3n) is 5.98. The van der Waals surface area contributed by atoms with E-state index < -0.39 is 0 Å². The predicted molar refractivity (Wildman–Crippen MR) is 119 cm³/mol. The van der Waals surface area contributed by atoms with Gasteiger partial charge in [-0.15, -0.1) is 0 Å². The summed E-state index contributed by atoms with van der Waals surface area (Å²) in [5.74, 6) is -0.0128. The van der Waals surface area contributed by atoms with Crippen molar-refractivity contribution in [1.29, 1.82) is 0 Å². The van der Waals surface area contributed by atoms with E-state index >= 15 is 0 Å². The minimum atomic E-state index is -0.178. The number of carbonyl (C=O) groups is 1. The number of nitrogens with two attached hydrogens (primary N) is 1. The molecule has 0 aliphatic carbocycles. The smallest absolute Gasteiger partial charge is 0.253 e. The van der Waals surface area contributed by atoms with Crippen molar-refractivity contribution in [2.75, 3.05) is 13.1 Å². The van der Waals surface area contributed by atoms with Crippen LogP contribution in [-0.2, 0) is 6.54 Å². The first-order chi connectivity index (χ1) is 14.5. The maximum Gasteiger partial charge on any atom is 0.253 e. The zero-order valence-corrected chi connectivity index (χ0v) is 17.3. The Hall–Kier alpha value is -2.98. The second-order valence-electron chi connectivity index (χ2n) is 8.08. The molecule has 0 atom stereocenters. The maximum absolute atomic E-state index is 14.3. The molecule has 2 N–H and O–H groups in total. The molecule has 4 heteroatoms. The molecule has 1 aliphatic heterocycles. The Balaban J connectivity index is 1.47. The molecule has 4 rings (SSSR count). The summed E-state index contributed by atoms with van der Waals surface area (Å²) in [7, 11) is 0. The van der Waals surface area contributed by atoms with Crippen LogP contribution < -0.4 is 5.73 Å². The number of nitrogens with zero attached hydrogens (tertiary/aromatic N) is 1. The van der Waals surface area contributed by atoms with Gasteiger partial charge in [0, 0.05) is 25.2 Å². The van der Waals surface area contributed by atoms with E-state index in [1.165, 1.54) is 11.6 Å². The minimum Gasteiger partial charge on any atom is -0.339 e. The standard InChI is InChI=1S/C26H27FN2O/c1-18-4-2-5-21(14-18)22-6-3-7-23(16-22)26(30)29-12-10-20(11-13-29)24-15-19(17-28)8-9-25(24)27/h2-9,14-16,20H,10-13,17,28H2,1H3. The van der Waals surface area contributed by atoms with Crippen LogP contribution in [0.1, 0.15) is 45.8 Å². The lowest BCUT2D eigenvalue weighted by atomic mass is 9.88. The number of hydrogen-bond donors (Lipinski definition) is 1. The number of amides is 1. The maximum atomic E-state index is 14.3. The first-order valence-electron chi connectivity index (χ1n) is 10.5. The quantitative estimate of drug-likeness (QED) is 0.645. The molecular formula is C26H27FN2O. The molecule has 0 saturated carbocycles. The monoisotopic (exact) mass is 402 g/mol. The normalized spacial score (nSPS) is 14.7. The van der Waals surface area contributed by atoms with E-state index in [0.29, 0.717) is 25.2 Å². The number of halogens is 1. The number of likely N-dealkylation sites (tertiary alicyclic amines) is 1. The number of carbonyl (C=O) groups excluding carboxylic acids is 1. The largest absolute Gasteiger partial charge is 0.339 e. The van der Waals surface area contributed by atoms with Gasteiger partial charge in [-0.1, -0.05) is 54.1 Å². The van der Waals surface area contributed by atoms with Gasteiger partial charge in [-0.25, -0.2) is 4.39 Å². The highest BCUT2D eigenvalue weighted by atomic mass is 19.1. The van der Waals surface area contributed by atoms with Gasteiger partial charge in [0.25, 0.3) is 5.91 Å². The minimum absolute atomic E-state index is 0.0409. The molecule has 1 fully saturated rings. The van der Waals surface area contributed by atoms with Crippen LogP contribution in [0.2, 0.25) is 0 Å². The molecule has 0 aromatic heterocycles. The summed E-state index contributed by atoms with van der Waals surface area (Å²) in [4.78, 5) is 15.0. The molecule has 1 aliphatic rings. The number of hydrogen-bond acceptors (Lipinski definition) is 2. The third-order valence-corrected chi connectivity index (χ3v) is 5.98. The summed E-state index contributed by atoms with van der Waals surface area (Å²) in [5.41, 5.74) is 11.4. The van der Waals surface area contributed by atoms with Crippen LogP contribution in [0.4, 0.5) is 4.39 Å². The number of benzene rings is 3. The van der Waals surface area contributed by atoms with Crippen LogP contribution in [-0.4, -0.2) is 23.9 Å². The molecule has 1 amide bonds. The van der Waals surface area contributed by atoms with Crippen molar-refractivity contribution in [3.8, 4) is 11.1 Å². The summed E-state index contributed by atoms with van der Waals surface area (Å²) < 4.78 is 14.3. The highest BCUT2D eigenvalue weighted by Gasteiger charge is 2.26. The molecule has 154 valence electrons. The van der Waals surface area contributed by atoms with Crippen molar-refractivity contribution in [1.82, 2.24) is 4.90 Å². The van der Waals surface area contributed by atoms with Gasteiger partial charge in [-0.3, -0.25) is 4.79 Å². The zero-order chi connectivity index (χ0) is 21.1. The zero-order valence-electron chi connectivity index (χ0n) is 17.3. The van der Waals surface area contributed by atoms with Crippen molar-refractivity contribution in [3.05, 3.63) is 94.8 Å². The van der Waals surface area contributed by atoms with E-state index in [-0.39, 0.29) is 17.6 Å². The molecule has 3 nitrogen and oxygen atoms in total. The number of piperidine rings is 1. The van der Waals surface area contributed by atoms with Crippen molar-refractivity contribution >= 4 is 5.91 Å². The van der Waals surface area contributed by atoms with Gasteiger partial charge in [-0.2, -0.15) is 0 Å². The van der Waals surface area contributed by atoms with Gasteiger partial charge in [0.15, 0.2) is 0 Å². The van der Waals surface area contributed by atoms with Gasteiger partial charge in [0.1, 0.15) is 5.82 Å². The van der Waals surface area contributed by atoms with Crippen LogP contribution >= 0.6 is 0 Å². The first-order valence-corrected chi connectivity index (χ1v) is 10.5. The Morgan fingerprint density at radius 3 is 2.40 bits per heavy atom. The van der Waals surface area contributed by atoms with Crippen LogP contribution in [0.3, 0.4) is 0 Å². The molecular weight excluding hydrogens is 375 g/mol. The summed E-state index contributed by atoms with van der Waals surface area (Å²) in [6.45, 7) is 3.73. The SMILES string of the molecule is Cc1cccc(-c2cccc(C(=O)N3CCC(c4cc(CN)ccc4F)CC3)c2)c1. The summed E-state index contributed by atoms with van der Waals surface area (Å²) in [5, 5.41) is 0. The number of rotatable bonds is 4. The van der Waals surface area contributed by atoms with E-state index in [1.54, 1.807) is 6.07 Å². The topological polar surface area (TPSA) is 46.3 Å². The van der Waals surface area contributed by atoms with Gasteiger partial charge < -0.3 is 10.6 Å². The van der Waals surface area contributed by atoms with Crippen molar-refractivity contribution in [2.24, 2.45) is 5.73 Å². The average molecular weight is 403 g/mol. The molecule has 0 spiro atoms.